The fourth-order valence-electron chi connectivity index (χ4n) is 1.89. The van der Waals surface area contributed by atoms with Gasteiger partial charge in [-0.1, -0.05) is 28.1 Å². The molecule has 1 unspecified atom stereocenters. The average Bonchev–Trinajstić information content (AvgIpc) is 2.92. The van der Waals surface area contributed by atoms with Crippen molar-refractivity contribution >= 4 is 21.8 Å². The van der Waals surface area contributed by atoms with E-state index in [1.807, 2.05) is 0 Å². The zero-order chi connectivity index (χ0) is 15.6. The molecular weight excluding hydrogens is 353 g/mol. The number of alkyl halides is 3. The van der Waals surface area contributed by atoms with E-state index in [1.54, 1.807) is 0 Å². The van der Waals surface area contributed by atoms with Crippen molar-refractivity contribution in [2.75, 3.05) is 7.05 Å². The second-order valence-corrected chi connectivity index (χ2v) is 5.20. The quantitative estimate of drug-likeness (QED) is 0.833. The van der Waals surface area contributed by atoms with Crippen LogP contribution in [0.15, 0.2) is 45.8 Å². The van der Waals surface area contributed by atoms with E-state index in [9.17, 15) is 18.0 Å². The van der Waals surface area contributed by atoms with E-state index in [4.69, 9.17) is 0 Å². The molecule has 0 spiro atoms. The molecule has 1 heterocycles. The van der Waals surface area contributed by atoms with Crippen LogP contribution in [0.4, 0.5) is 13.2 Å². The molecule has 0 bridgehead atoms. The van der Waals surface area contributed by atoms with Crippen LogP contribution in [0.1, 0.15) is 22.1 Å². The molecule has 0 fully saturated rings. The summed E-state index contributed by atoms with van der Waals surface area (Å²) in [5.41, 5.74) is -0.214. The lowest BCUT2D eigenvalue weighted by Crippen LogP contribution is -2.39. The van der Waals surface area contributed by atoms with Gasteiger partial charge >= 0.3 is 6.18 Å². The van der Waals surface area contributed by atoms with Crippen LogP contribution >= 0.6 is 15.9 Å². The molecular formula is C13H10BrF3N2O2. The Morgan fingerprint density at radius 2 is 1.95 bits per heavy atom. The summed E-state index contributed by atoms with van der Waals surface area (Å²) in [7, 11) is 1.08. The number of carbonyl (C=O) groups excluding carboxylic acids is 1. The van der Waals surface area contributed by atoms with E-state index in [1.165, 1.54) is 24.3 Å². The van der Waals surface area contributed by atoms with Crippen molar-refractivity contribution in [3.8, 4) is 0 Å². The minimum absolute atomic E-state index is 0.0370. The minimum atomic E-state index is -4.61. The second kappa shape index (κ2) is 5.88. The number of hydrogen-bond donors (Lipinski definition) is 0. The standard InChI is InChI=1S/C13H10BrF3N2O2/c1-19(12(20)10-6-21-7-18-10)11(13(15,16)17)8-2-4-9(14)5-3-8/h2-7,11H,1H3. The topological polar surface area (TPSA) is 46.3 Å². The number of rotatable bonds is 3. The van der Waals surface area contributed by atoms with Crippen LogP contribution in [0.25, 0.3) is 0 Å². The lowest BCUT2D eigenvalue weighted by Gasteiger charge is -2.29. The summed E-state index contributed by atoms with van der Waals surface area (Å²) < 4.78 is 45.2. The molecule has 0 saturated heterocycles. The summed E-state index contributed by atoms with van der Waals surface area (Å²) in [4.78, 5) is 16.2. The molecule has 2 rings (SSSR count). The molecule has 0 N–H and O–H groups in total. The van der Waals surface area contributed by atoms with Gasteiger partial charge in [0.2, 0.25) is 0 Å². The summed E-state index contributed by atoms with van der Waals surface area (Å²) in [5.74, 6) is -0.867. The highest BCUT2D eigenvalue weighted by Crippen LogP contribution is 2.37. The third-order valence-electron chi connectivity index (χ3n) is 2.85. The molecule has 0 aliphatic heterocycles. The molecule has 1 amide bonds. The Bertz CT molecular complexity index is 611. The highest BCUT2D eigenvalue weighted by atomic mass is 79.9. The molecule has 0 aliphatic rings. The van der Waals surface area contributed by atoms with E-state index in [2.05, 4.69) is 25.3 Å². The van der Waals surface area contributed by atoms with Crippen LogP contribution in [0.5, 0.6) is 0 Å². The van der Waals surface area contributed by atoms with Crippen molar-refractivity contribution in [3.63, 3.8) is 0 Å². The Balaban J connectivity index is 2.37. The van der Waals surface area contributed by atoms with Crippen molar-refractivity contribution in [2.24, 2.45) is 0 Å². The van der Waals surface area contributed by atoms with E-state index in [-0.39, 0.29) is 11.3 Å². The number of amides is 1. The third kappa shape index (κ3) is 3.44. The van der Waals surface area contributed by atoms with Gasteiger partial charge in [-0.3, -0.25) is 4.79 Å². The molecule has 4 nitrogen and oxygen atoms in total. The third-order valence-corrected chi connectivity index (χ3v) is 3.38. The van der Waals surface area contributed by atoms with Gasteiger partial charge < -0.3 is 9.32 Å². The van der Waals surface area contributed by atoms with Gasteiger partial charge in [-0.25, -0.2) is 4.98 Å². The molecule has 1 atom stereocenters. The van der Waals surface area contributed by atoms with Crippen LogP contribution in [-0.2, 0) is 0 Å². The predicted octanol–water partition coefficient (Wildman–Crippen LogP) is 3.81. The molecule has 21 heavy (non-hydrogen) atoms. The summed E-state index contributed by atoms with van der Waals surface area (Å²) in [5, 5.41) is 0. The van der Waals surface area contributed by atoms with Crippen LogP contribution in [0.3, 0.4) is 0 Å². The first-order valence-electron chi connectivity index (χ1n) is 5.78. The molecule has 0 saturated carbocycles. The van der Waals surface area contributed by atoms with Gasteiger partial charge in [-0.05, 0) is 17.7 Å². The Morgan fingerprint density at radius 3 is 2.43 bits per heavy atom. The first-order valence-corrected chi connectivity index (χ1v) is 6.57. The maximum Gasteiger partial charge on any atom is 0.413 e. The maximum absolute atomic E-state index is 13.3. The zero-order valence-corrected chi connectivity index (χ0v) is 12.4. The van der Waals surface area contributed by atoms with Crippen LogP contribution in [-0.4, -0.2) is 29.0 Å². The predicted molar refractivity (Wildman–Crippen MR) is 71.5 cm³/mol. The van der Waals surface area contributed by atoms with Gasteiger partial charge in [-0.2, -0.15) is 13.2 Å². The SMILES string of the molecule is CN(C(=O)c1cocn1)C(c1ccc(Br)cc1)C(F)(F)F. The van der Waals surface area contributed by atoms with Crippen molar-refractivity contribution in [1.82, 2.24) is 9.88 Å². The minimum Gasteiger partial charge on any atom is -0.451 e. The summed E-state index contributed by atoms with van der Waals surface area (Å²) >= 11 is 3.16. The summed E-state index contributed by atoms with van der Waals surface area (Å²) in [6.07, 6.45) is -2.61. The molecule has 112 valence electrons. The van der Waals surface area contributed by atoms with Crippen LogP contribution in [0, 0.1) is 0 Å². The average molecular weight is 363 g/mol. The van der Waals surface area contributed by atoms with Gasteiger partial charge in [0.1, 0.15) is 6.26 Å². The monoisotopic (exact) mass is 362 g/mol. The van der Waals surface area contributed by atoms with E-state index in [0.717, 1.165) is 19.7 Å². The molecule has 1 aromatic heterocycles. The Morgan fingerprint density at radius 1 is 1.33 bits per heavy atom. The lowest BCUT2D eigenvalue weighted by molar-refractivity contribution is -0.176. The molecule has 1 aromatic carbocycles. The summed E-state index contributed by atoms with van der Waals surface area (Å²) in [6, 6.07) is 3.55. The number of halogens is 4. The Labute approximate surface area is 126 Å². The van der Waals surface area contributed by atoms with Gasteiger partial charge in [0.05, 0.1) is 0 Å². The molecule has 8 heteroatoms. The van der Waals surface area contributed by atoms with Crippen molar-refractivity contribution in [3.05, 3.63) is 52.7 Å². The molecule has 0 aliphatic carbocycles. The smallest absolute Gasteiger partial charge is 0.413 e. The first kappa shape index (κ1) is 15.6. The van der Waals surface area contributed by atoms with Crippen LogP contribution in [0.2, 0.25) is 0 Å². The number of carbonyl (C=O) groups is 1. The fourth-order valence-corrected chi connectivity index (χ4v) is 2.16. The van der Waals surface area contributed by atoms with Gasteiger partial charge in [-0.15, -0.1) is 0 Å². The number of aromatic nitrogens is 1. The first-order chi connectivity index (χ1) is 9.80. The second-order valence-electron chi connectivity index (χ2n) is 4.29. The Hall–Kier alpha value is -1.83. The number of hydrogen-bond acceptors (Lipinski definition) is 3. The number of oxazole rings is 1. The van der Waals surface area contributed by atoms with Gasteiger partial charge in [0.25, 0.3) is 5.91 Å². The Kier molecular flexibility index (Phi) is 4.36. The van der Waals surface area contributed by atoms with Crippen LogP contribution < -0.4 is 0 Å². The normalized spacial score (nSPS) is 13.0. The van der Waals surface area contributed by atoms with Crippen molar-refractivity contribution in [1.29, 1.82) is 0 Å². The van der Waals surface area contributed by atoms with Crippen molar-refractivity contribution < 1.29 is 22.4 Å². The maximum atomic E-state index is 13.3. The number of benzene rings is 1. The van der Waals surface area contributed by atoms with E-state index in [0.29, 0.717) is 9.37 Å². The number of nitrogens with zero attached hydrogens (tertiary/aromatic N) is 2. The van der Waals surface area contributed by atoms with E-state index < -0.39 is 18.1 Å². The van der Waals surface area contributed by atoms with Gasteiger partial charge in [0, 0.05) is 11.5 Å². The van der Waals surface area contributed by atoms with Gasteiger partial charge in [0.15, 0.2) is 18.1 Å². The van der Waals surface area contributed by atoms with E-state index >= 15 is 0 Å². The highest BCUT2D eigenvalue weighted by molar-refractivity contribution is 9.10. The fraction of sp³-hybridized carbons (Fsp3) is 0.231. The highest BCUT2D eigenvalue weighted by Gasteiger charge is 2.45. The zero-order valence-electron chi connectivity index (χ0n) is 10.8. The largest absolute Gasteiger partial charge is 0.451 e. The lowest BCUT2D eigenvalue weighted by atomic mass is 10.0. The molecule has 0 radical (unpaired) electrons. The van der Waals surface area contributed by atoms with Crippen molar-refractivity contribution in [2.45, 2.75) is 12.2 Å². The summed E-state index contributed by atoms with van der Waals surface area (Å²) in [6.45, 7) is 0. The molecule has 2 aromatic rings.